The summed E-state index contributed by atoms with van der Waals surface area (Å²) in [5.74, 6) is -1.53. The number of halogens is 1. The molecule has 7 heteroatoms. The molecule has 0 radical (unpaired) electrons. The zero-order valence-corrected chi connectivity index (χ0v) is 15.6. The van der Waals surface area contributed by atoms with Crippen molar-refractivity contribution < 1.29 is 19.1 Å². The van der Waals surface area contributed by atoms with Crippen LogP contribution in [0, 0.1) is 0 Å². The first-order chi connectivity index (χ1) is 13.0. The number of nitrogens with zero attached hydrogens (tertiary/aromatic N) is 1. The molecule has 140 valence electrons. The Morgan fingerprint density at radius 2 is 1.96 bits per heavy atom. The van der Waals surface area contributed by atoms with E-state index in [0.717, 1.165) is 17.7 Å². The highest BCUT2D eigenvalue weighted by molar-refractivity contribution is 6.30. The van der Waals surface area contributed by atoms with Gasteiger partial charge < -0.3 is 15.0 Å². The maximum atomic E-state index is 12.9. The van der Waals surface area contributed by atoms with Gasteiger partial charge in [0.1, 0.15) is 5.70 Å². The molecule has 1 aromatic rings. The van der Waals surface area contributed by atoms with Gasteiger partial charge in [0.05, 0.1) is 12.7 Å². The maximum absolute atomic E-state index is 12.9. The summed E-state index contributed by atoms with van der Waals surface area (Å²) < 4.78 is 5.01. The van der Waals surface area contributed by atoms with Crippen LogP contribution < -0.4 is 5.32 Å². The molecule has 1 unspecified atom stereocenters. The number of carbonyl (C=O) groups is 3. The van der Waals surface area contributed by atoms with E-state index < -0.39 is 11.9 Å². The number of hydrogen-bond acceptors (Lipinski definition) is 5. The molecular weight excluding hydrogens is 368 g/mol. The highest BCUT2D eigenvalue weighted by atomic mass is 35.5. The van der Waals surface area contributed by atoms with Gasteiger partial charge in [-0.2, -0.15) is 0 Å². The summed E-state index contributed by atoms with van der Waals surface area (Å²) >= 11 is 6.02. The Bertz CT molecular complexity index is 901. The van der Waals surface area contributed by atoms with Crippen LogP contribution in [0.25, 0.3) is 0 Å². The van der Waals surface area contributed by atoms with Crippen molar-refractivity contribution >= 4 is 29.3 Å². The molecule has 0 aromatic heterocycles. The Balaban J connectivity index is 2.00. The minimum absolute atomic E-state index is 0.0163. The monoisotopic (exact) mass is 386 g/mol. The number of methoxy groups -OCH3 is 1. The van der Waals surface area contributed by atoms with Gasteiger partial charge in [-0.05, 0) is 30.5 Å². The maximum Gasteiger partial charge on any atom is 0.337 e. The van der Waals surface area contributed by atoms with Gasteiger partial charge in [0.25, 0.3) is 5.91 Å². The Morgan fingerprint density at radius 1 is 1.22 bits per heavy atom. The van der Waals surface area contributed by atoms with E-state index >= 15 is 0 Å². The minimum atomic E-state index is -0.632. The number of piperazine rings is 1. The second-order valence-electron chi connectivity index (χ2n) is 6.78. The second-order valence-corrected chi connectivity index (χ2v) is 7.22. The lowest BCUT2D eigenvalue weighted by Gasteiger charge is -2.43. The highest BCUT2D eigenvalue weighted by Crippen LogP contribution is 2.46. The van der Waals surface area contributed by atoms with Gasteiger partial charge >= 0.3 is 5.97 Å². The number of fused-ring (bicyclic) bond motifs is 2. The highest BCUT2D eigenvalue weighted by Gasteiger charge is 2.45. The number of benzene rings is 1. The molecular formula is C20H19ClN2O4. The van der Waals surface area contributed by atoms with E-state index in [4.69, 9.17) is 16.3 Å². The Labute approximate surface area is 161 Å². The lowest BCUT2D eigenvalue weighted by atomic mass is 9.74. The number of allylic oxidation sites excluding steroid dienone is 2. The summed E-state index contributed by atoms with van der Waals surface area (Å²) in [5.41, 5.74) is 2.70. The molecule has 1 aromatic carbocycles. The van der Waals surface area contributed by atoms with Crippen molar-refractivity contribution in [3.63, 3.8) is 0 Å². The first-order valence-corrected chi connectivity index (χ1v) is 9.30. The number of amides is 1. The molecule has 0 bridgehead atoms. The van der Waals surface area contributed by atoms with Crippen molar-refractivity contribution in [2.75, 3.05) is 20.2 Å². The normalized spacial score (nSPS) is 22.3. The van der Waals surface area contributed by atoms with Crippen LogP contribution in [0.5, 0.6) is 0 Å². The Hall–Kier alpha value is -2.60. The van der Waals surface area contributed by atoms with E-state index in [9.17, 15) is 14.4 Å². The molecule has 1 aliphatic carbocycles. The number of hydrogen-bond donors (Lipinski definition) is 1. The number of ether oxygens (including phenoxy) is 1. The third kappa shape index (κ3) is 2.84. The molecule has 3 aliphatic rings. The summed E-state index contributed by atoms with van der Waals surface area (Å²) in [7, 11) is 1.28. The van der Waals surface area contributed by atoms with Crippen molar-refractivity contribution in [3.8, 4) is 0 Å². The summed E-state index contributed by atoms with van der Waals surface area (Å²) in [6.45, 7) is 0.994. The van der Waals surface area contributed by atoms with Crippen LogP contribution in [-0.2, 0) is 19.1 Å². The van der Waals surface area contributed by atoms with E-state index in [-0.39, 0.29) is 17.3 Å². The number of rotatable bonds is 2. The minimum Gasteiger partial charge on any atom is -0.466 e. The van der Waals surface area contributed by atoms with E-state index in [2.05, 4.69) is 5.32 Å². The second kappa shape index (κ2) is 6.85. The number of ketones is 1. The molecule has 0 spiro atoms. The Morgan fingerprint density at radius 3 is 2.67 bits per heavy atom. The van der Waals surface area contributed by atoms with Crippen molar-refractivity contribution in [1.82, 2.24) is 10.2 Å². The molecule has 2 heterocycles. The van der Waals surface area contributed by atoms with Crippen LogP contribution in [0.3, 0.4) is 0 Å². The third-order valence-electron chi connectivity index (χ3n) is 5.30. The summed E-state index contributed by atoms with van der Waals surface area (Å²) in [5, 5.41) is 3.36. The lowest BCUT2D eigenvalue weighted by molar-refractivity contribution is -0.137. The fraction of sp³-hybridized carbons (Fsp3) is 0.350. The van der Waals surface area contributed by atoms with E-state index in [1.165, 1.54) is 7.11 Å². The van der Waals surface area contributed by atoms with Crippen LogP contribution in [-0.4, -0.2) is 42.8 Å². The van der Waals surface area contributed by atoms with Gasteiger partial charge in [0, 0.05) is 41.7 Å². The van der Waals surface area contributed by atoms with Crippen molar-refractivity contribution in [1.29, 1.82) is 0 Å². The van der Waals surface area contributed by atoms with E-state index in [1.807, 2.05) is 4.90 Å². The quantitative estimate of drug-likeness (QED) is 0.789. The average Bonchev–Trinajstić information content (AvgIpc) is 2.68. The first kappa shape index (κ1) is 17.8. The third-order valence-corrected chi connectivity index (χ3v) is 5.55. The van der Waals surface area contributed by atoms with Crippen LogP contribution >= 0.6 is 11.6 Å². The zero-order chi connectivity index (χ0) is 19.1. The van der Waals surface area contributed by atoms with Crippen molar-refractivity contribution in [3.05, 3.63) is 57.4 Å². The molecule has 6 nitrogen and oxygen atoms in total. The summed E-state index contributed by atoms with van der Waals surface area (Å²) in [6, 6.07) is 7.02. The molecule has 4 rings (SSSR count). The van der Waals surface area contributed by atoms with Crippen LogP contribution in [0.1, 0.15) is 30.7 Å². The number of Topliss-reactive ketones (excluding diaryl/α,β-unsaturated/α-hetero) is 1. The van der Waals surface area contributed by atoms with Gasteiger partial charge in [-0.15, -0.1) is 0 Å². The number of carbonyl (C=O) groups excluding carboxylic acids is 3. The SMILES string of the molecule is COC(=O)C1=C2C(=O)NCCN2C2=C(C(=O)CCC2)C1c1ccc(Cl)cc1. The molecule has 1 atom stereocenters. The molecule has 0 saturated carbocycles. The topological polar surface area (TPSA) is 75.7 Å². The molecule has 27 heavy (non-hydrogen) atoms. The fourth-order valence-corrected chi connectivity index (χ4v) is 4.31. The van der Waals surface area contributed by atoms with Crippen molar-refractivity contribution in [2.24, 2.45) is 0 Å². The van der Waals surface area contributed by atoms with Gasteiger partial charge in [-0.3, -0.25) is 9.59 Å². The zero-order valence-electron chi connectivity index (χ0n) is 14.9. The summed E-state index contributed by atoms with van der Waals surface area (Å²) in [6.07, 6.45) is 1.88. The van der Waals surface area contributed by atoms with Gasteiger partial charge in [0.2, 0.25) is 0 Å². The molecule has 2 aliphatic heterocycles. The van der Waals surface area contributed by atoms with E-state index in [0.29, 0.717) is 42.2 Å². The Kier molecular flexibility index (Phi) is 4.52. The first-order valence-electron chi connectivity index (χ1n) is 8.93. The molecule has 1 saturated heterocycles. The van der Waals surface area contributed by atoms with E-state index in [1.54, 1.807) is 24.3 Å². The molecule has 1 fully saturated rings. The van der Waals surface area contributed by atoms with Crippen molar-refractivity contribution in [2.45, 2.75) is 25.2 Å². The van der Waals surface area contributed by atoms with Gasteiger partial charge in [-0.1, -0.05) is 23.7 Å². The molecule has 1 N–H and O–H groups in total. The number of nitrogens with one attached hydrogen (secondary N) is 1. The largest absolute Gasteiger partial charge is 0.466 e. The van der Waals surface area contributed by atoms with Crippen LogP contribution in [0.15, 0.2) is 46.8 Å². The predicted octanol–water partition coefficient (Wildman–Crippen LogP) is 2.30. The van der Waals surface area contributed by atoms with Gasteiger partial charge in [0.15, 0.2) is 5.78 Å². The lowest BCUT2D eigenvalue weighted by Crippen LogP contribution is -2.50. The average molecular weight is 387 g/mol. The fourth-order valence-electron chi connectivity index (χ4n) is 4.19. The standard InChI is InChI=1S/C20H19ClN2O4/c1-27-20(26)17-15(11-5-7-12(21)8-6-11)16-13(3-2-4-14(16)24)23-10-9-22-19(25)18(17)23/h5-8,15H,2-4,9-10H2,1H3,(H,22,25). The van der Waals surface area contributed by atoms with Crippen LogP contribution in [0.4, 0.5) is 0 Å². The summed E-state index contributed by atoms with van der Waals surface area (Å²) in [4.78, 5) is 40.2. The van der Waals surface area contributed by atoms with Gasteiger partial charge in [-0.25, -0.2) is 4.79 Å². The predicted molar refractivity (Wildman–Crippen MR) is 98.8 cm³/mol. The molecule has 1 amide bonds. The number of esters is 1. The van der Waals surface area contributed by atoms with Crippen LogP contribution in [0.2, 0.25) is 5.02 Å². The smallest absolute Gasteiger partial charge is 0.337 e.